The Balaban J connectivity index is 2.46. The van der Waals surface area contributed by atoms with E-state index in [1.807, 2.05) is 18.2 Å². The number of nitriles is 1. The van der Waals surface area contributed by atoms with Gasteiger partial charge in [-0.05, 0) is 17.7 Å². The highest BCUT2D eigenvalue weighted by Crippen LogP contribution is 2.62. The van der Waals surface area contributed by atoms with Gasteiger partial charge in [0.25, 0.3) is 0 Å². The number of halogens is 1. The highest BCUT2D eigenvalue weighted by atomic mass is 79.9. The SMILES string of the molecule is CCS(=O)(=O)[C@@H]1[C@H](c2ccc(Br)cc2)[C@]1(C#N)CO. The van der Waals surface area contributed by atoms with Crippen molar-refractivity contribution >= 4 is 25.8 Å². The number of nitrogens with zero attached hydrogens (tertiary/aromatic N) is 1. The van der Waals surface area contributed by atoms with Crippen molar-refractivity contribution in [2.45, 2.75) is 18.1 Å². The lowest BCUT2D eigenvalue weighted by Gasteiger charge is -2.03. The van der Waals surface area contributed by atoms with Gasteiger partial charge in [-0.15, -0.1) is 0 Å². The zero-order valence-electron chi connectivity index (χ0n) is 10.4. The molecule has 0 radical (unpaired) electrons. The first kappa shape index (κ1) is 14.5. The van der Waals surface area contributed by atoms with Crippen LogP contribution in [0.1, 0.15) is 18.4 Å². The first-order valence-corrected chi connectivity index (χ1v) is 8.43. The van der Waals surface area contributed by atoms with Crippen LogP contribution in [0.3, 0.4) is 0 Å². The van der Waals surface area contributed by atoms with Gasteiger partial charge in [-0.2, -0.15) is 5.26 Å². The van der Waals surface area contributed by atoms with Crippen LogP contribution in [0.2, 0.25) is 0 Å². The lowest BCUT2D eigenvalue weighted by molar-refractivity contribution is 0.242. The van der Waals surface area contributed by atoms with E-state index < -0.39 is 33.0 Å². The van der Waals surface area contributed by atoms with Crippen LogP contribution in [-0.4, -0.2) is 31.1 Å². The molecule has 0 amide bonds. The largest absolute Gasteiger partial charge is 0.395 e. The molecule has 0 spiro atoms. The minimum Gasteiger partial charge on any atom is -0.395 e. The van der Waals surface area contributed by atoms with E-state index in [9.17, 15) is 18.8 Å². The second-order valence-corrected chi connectivity index (χ2v) is 8.04. The molecule has 1 aliphatic carbocycles. The maximum Gasteiger partial charge on any atom is 0.155 e. The molecular formula is C13H14BrNO3S. The molecule has 3 atom stereocenters. The fourth-order valence-electron chi connectivity index (χ4n) is 2.61. The minimum atomic E-state index is -3.36. The second kappa shape index (κ2) is 4.89. The molecule has 102 valence electrons. The Bertz CT molecular complexity index is 620. The molecule has 1 N–H and O–H groups in total. The molecule has 0 heterocycles. The smallest absolute Gasteiger partial charge is 0.155 e. The van der Waals surface area contributed by atoms with Crippen molar-refractivity contribution in [3.05, 3.63) is 34.3 Å². The van der Waals surface area contributed by atoms with Crippen molar-refractivity contribution in [2.24, 2.45) is 5.41 Å². The normalized spacial score (nSPS) is 29.8. The van der Waals surface area contributed by atoms with Gasteiger partial charge in [0.2, 0.25) is 0 Å². The third-order valence-electron chi connectivity index (χ3n) is 3.74. The van der Waals surface area contributed by atoms with Crippen LogP contribution in [0, 0.1) is 16.7 Å². The maximum atomic E-state index is 12.1. The summed E-state index contributed by atoms with van der Waals surface area (Å²) >= 11 is 3.31. The molecule has 19 heavy (non-hydrogen) atoms. The summed E-state index contributed by atoms with van der Waals surface area (Å²) in [5.41, 5.74) is -0.413. The monoisotopic (exact) mass is 343 g/mol. The Morgan fingerprint density at radius 3 is 2.42 bits per heavy atom. The fraction of sp³-hybridized carbons (Fsp3) is 0.462. The van der Waals surface area contributed by atoms with Crippen LogP contribution >= 0.6 is 15.9 Å². The van der Waals surface area contributed by atoms with E-state index in [0.29, 0.717) is 0 Å². The third-order valence-corrected chi connectivity index (χ3v) is 6.54. The predicted molar refractivity (Wildman–Crippen MR) is 75.3 cm³/mol. The number of aliphatic hydroxyl groups excluding tert-OH is 1. The van der Waals surface area contributed by atoms with Gasteiger partial charge in [-0.25, -0.2) is 8.42 Å². The Hall–Kier alpha value is -0.900. The predicted octanol–water partition coefficient (Wildman–Crippen LogP) is 1.85. The summed E-state index contributed by atoms with van der Waals surface area (Å²) in [6.07, 6.45) is 0. The van der Waals surface area contributed by atoms with Gasteiger partial charge in [0.05, 0.1) is 17.9 Å². The molecule has 2 rings (SSSR count). The van der Waals surface area contributed by atoms with Crippen molar-refractivity contribution in [1.82, 2.24) is 0 Å². The lowest BCUT2D eigenvalue weighted by Crippen LogP contribution is -2.19. The van der Waals surface area contributed by atoms with E-state index in [1.54, 1.807) is 19.1 Å². The summed E-state index contributed by atoms with van der Waals surface area (Å²) in [5.74, 6) is -0.464. The van der Waals surface area contributed by atoms with E-state index in [0.717, 1.165) is 10.0 Å². The van der Waals surface area contributed by atoms with E-state index in [2.05, 4.69) is 15.9 Å². The zero-order chi connectivity index (χ0) is 14.3. The Morgan fingerprint density at radius 2 is 2.00 bits per heavy atom. The Morgan fingerprint density at radius 1 is 1.42 bits per heavy atom. The molecule has 4 nitrogen and oxygen atoms in total. The number of rotatable bonds is 4. The molecule has 0 aliphatic heterocycles. The molecule has 0 bridgehead atoms. The van der Waals surface area contributed by atoms with Gasteiger partial charge in [-0.1, -0.05) is 35.0 Å². The summed E-state index contributed by atoms with van der Waals surface area (Å²) in [4.78, 5) is 0. The highest BCUT2D eigenvalue weighted by Gasteiger charge is 2.71. The van der Waals surface area contributed by atoms with Crippen molar-refractivity contribution in [3.63, 3.8) is 0 Å². The van der Waals surface area contributed by atoms with Crippen LogP contribution in [-0.2, 0) is 9.84 Å². The molecule has 6 heteroatoms. The van der Waals surface area contributed by atoms with Crippen LogP contribution in [0.15, 0.2) is 28.7 Å². The molecular weight excluding hydrogens is 330 g/mol. The van der Waals surface area contributed by atoms with E-state index in [4.69, 9.17) is 0 Å². The average Bonchev–Trinajstić information content (AvgIpc) is 3.10. The standard InChI is InChI=1S/C13H14BrNO3S/c1-2-19(17,18)12-11(13(12,7-15)8-16)9-3-5-10(14)6-4-9/h3-6,11-12,16H,2,8H2,1H3/t11-,12+,13-/m0/s1. The first-order valence-electron chi connectivity index (χ1n) is 5.92. The Kier molecular flexibility index (Phi) is 3.74. The van der Waals surface area contributed by atoms with Gasteiger partial charge in [0, 0.05) is 16.1 Å². The molecule has 0 aromatic heterocycles. The first-order chi connectivity index (χ1) is 8.93. The molecule has 1 aliphatic rings. The van der Waals surface area contributed by atoms with E-state index in [1.165, 1.54) is 0 Å². The zero-order valence-corrected chi connectivity index (χ0v) is 12.8. The van der Waals surface area contributed by atoms with Crippen LogP contribution in [0.4, 0.5) is 0 Å². The van der Waals surface area contributed by atoms with Gasteiger partial charge >= 0.3 is 0 Å². The number of benzene rings is 1. The van der Waals surface area contributed by atoms with Crippen molar-refractivity contribution in [1.29, 1.82) is 5.26 Å². The molecule has 0 unspecified atom stereocenters. The number of hydrogen-bond donors (Lipinski definition) is 1. The van der Waals surface area contributed by atoms with E-state index in [-0.39, 0.29) is 5.75 Å². The van der Waals surface area contributed by atoms with Gasteiger partial charge in [-0.3, -0.25) is 0 Å². The minimum absolute atomic E-state index is 0.0197. The molecule has 1 aromatic rings. The quantitative estimate of drug-likeness (QED) is 0.904. The van der Waals surface area contributed by atoms with Crippen LogP contribution < -0.4 is 0 Å². The summed E-state index contributed by atoms with van der Waals surface area (Å²) in [6, 6.07) is 9.22. The molecule has 1 aromatic carbocycles. The molecule has 0 saturated heterocycles. The average molecular weight is 344 g/mol. The maximum absolute atomic E-state index is 12.1. The molecule has 1 fully saturated rings. The Labute approximate surface area is 121 Å². The van der Waals surface area contributed by atoms with Crippen molar-refractivity contribution in [3.8, 4) is 6.07 Å². The van der Waals surface area contributed by atoms with Gasteiger partial charge in [0.1, 0.15) is 5.41 Å². The summed E-state index contributed by atoms with van der Waals surface area (Å²) in [5, 5.41) is 18.0. The number of hydrogen-bond acceptors (Lipinski definition) is 4. The van der Waals surface area contributed by atoms with Crippen LogP contribution in [0.5, 0.6) is 0 Å². The van der Waals surface area contributed by atoms with Gasteiger partial charge in [0.15, 0.2) is 9.84 Å². The topological polar surface area (TPSA) is 78.2 Å². The van der Waals surface area contributed by atoms with E-state index >= 15 is 0 Å². The lowest BCUT2D eigenvalue weighted by atomic mass is 10.0. The molecule has 1 saturated carbocycles. The third kappa shape index (κ3) is 2.20. The number of sulfone groups is 1. The number of aliphatic hydroxyl groups is 1. The highest BCUT2D eigenvalue weighted by molar-refractivity contribution is 9.10. The van der Waals surface area contributed by atoms with Crippen LogP contribution in [0.25, 0.3) is 0 Å². The van der Waals surface area contributed by atoms with Gasteiger partial charge < -0.3 is 5.11 Å². The summed E-state index contributed by atoms with van der Waals surface area (Å²) in [6.45, 7) is 1.12. The summed E-state index contributed by atoms with van der Waals surface area (Å²) in [7, 11) is -3.36. The van der Waals surface area contributed by atoms with Crippen molar-refractivity contribution in [2.75, 3.05) is 12.4 Å². The second-order valence-electron chi connectivity index (χ2n) is 4.71. The fourth-order valence-corrected chi connectivity index (χ4v) is 4.89. The van der Waals surface area contributed by atoms with Crippen molar-refractivity contribution < 1.29 is 13.5 Å². The summed E-state index contributed by atoms with van der Waals surface area (Å²) < 4.78 is 25.0.